The Morgan fingerprint density at radius 3 is 2.61 bits per heavy atom. The number of nitrogens with two attached hydrogens (primary N) is 1. The molecule has 1 fully saturated rings. The van der Waals surface area contributed by atoms with Crippen LogP contribution in [0.2, 0.25) is 5.28 Å². The molecule has 7 N–H and O–H groups in total. The lowest BCUT2D eigenvalue weighted by molar-refractivity contribution is -0.0204. The van der Waals surface area contributed by atoms with Gasteiger partial charge in [-0.15, -0.1) is 5.10 Å². The molecule has 5 atom stereocenters. The molecule has 156 valence electrons. The second kappa shape index (κ2) is 7.58. The van der Waals surface area contributed by atoms with Gasteiger partial charge in [-0.3, -0.25) is 9.13 Å². The van der Waals surface area contributed by atoms with Crippen molar-refractivity contribution in [2.45, 2.75) is 24.4 Å². The highest BCUT2D eigenvalue weighted by molar-refractivity contribution is 7.70. The summed E-state index contributed by atoms with van der Waals surface area (Å²) in [5.74, 6) is -1.42. The van der Waals surface area contributed by atoms with Crippen LogP contribution in [0.4, 0.5) is 5.82 Å². The summed E-state index contributed by atoms with van der Waals surface area (Å²) < 4.78 is 33.9. The Kier molecular flexibility index (Phi) is 5.82. The molecule has 0 aromatic carbocycles. The molecular weight excluding hydrogens is 444 g/mol. The molecule has 0 saturated carbocycles. The molecule has 14 nitrogen and oxygen atoms in total. The molecule has 0 aliphatic carbocycles. The van der Waals surface area contributed by atoms with Crippen LogP contribution in [0, 0.1) is 0 Å². The number of hydrogen-bond acceptors (Lipinski definition) is 10. The average molecular weight is 460 g/mol. The fourth-order valence-corrected chi connectivity index (χ4v) is 5.42. The number of halogens is 1. The van der Waals surface area contributed by atoms with E-state index >= 15 is 0 Å². The highest BCUT2D eigenvalue weighted by atomic mass is 35.5. The van der Waals surface area contributed by atoms with Gasteiger partial charge in [0.1, 0.15) is 24.4 Å². The lowest BCUT2D eigenvalue weighted by Crippen LogP contribution is -2.33. The van der Waals surface area contributed by atoms with E-state index in [1.54, 1.807) is 0 Å². The Hall–Kier alpha value is -1.18. The van der Waals surface area contributed by atoms with E-state index in [-0.39, 0.29) is 22.4 Å². The molecule has 1 aliphatic rings. The maximum atomic E-state index is 11.7. The second-order valence-electron chi connectivity index (χ2n) is 6.00. The predicted octanol–water partition coefficient (Wildman–Crippen LogP) is -1.14. The topological polar surface area (TPSA) is 223 Å². The van der Waals surface area contributed by atoms with E-state index in [1.807, 2.05) is 0 Å². The van der Waals surface area contributed by atoms with Gasteiger partial charge in [0, 0.05) is 0 Å². The third-order valence-corrected chi connectivity index (χ3v) is 7.46. The molecule has 1 aliphatic heterocycles. The summed E-state index contributed by atoms with van der Waals surface area (Å²) in [6.07, 6.45) is -4.23. The third-order valence-electron chi connectivity index (χ3n) is 3.85. The first-order chi connectivity index (χ1) is 12.9. The molecule has 17 heteroatoms. The lowest BCUT2D eigenvalue weighted by Gasteiger charge is -2.18. The SMILES string of the molecule is Nc1nc(Cl)nn2c([C@@H]3O[C@H](COP(=O)(O)CP(=O)(O)O)[C@@H](O)[C@H]3O)cnc12. The number of rotatable bonds is 6. The van der Waals surface area contributed by atoms with Crippen LogP contribution in [0.5, 0.6) is 0 Å². The van der Waals surface area contributed by atoms with Gasteiger partial charge in [0.15, 0.2) is 17.4 Å². The van der Waals surface area contributed by atoms with Gasteiger partial charge in [-0.05, 0) is 11.6 Å². The second-order valence-corrected chi connectivity index (χ2v) is 10.3. The molecule has 0 amide bonds. The van der Waals surface area contributed by atoms with Crippen molar-refractivity contribution in [1.82, 2.24) is 19.6 Å². The highest BCUT2D eigenvalue weighted by Gasteiger charge is 2.46. The molecule has 3 heterocycles. The number of hydrogen-bond donors (Lipinski definition) is 6. The number of nitrogen functional groups attached to an aromatic ring is 1. The lowest BCUT2D eigenvalue weighted by atomic mass is 10.1. The van der Waals surface area contributed by atoms with Crippen molar-refractivity contribution >= 4 is 38.3 Å². The van der Waals surface area contributed by atoms with E-state index in [4.69, 9.17) is 31.9 Å². The zero-order valence-electron chi connectivity index (χ0n) is 13.8. The number of anilines is 1. The highest BCUT2D eigenvalue weighted by Crippen LogP contribution is 2.55. The summed E-state index contributed by atoms with van der Waals surface area (Å²) in [7, 11) is -9.46. The van der Waals surface area contributed by atoms with Crippen molar-refractivity contribution in [3.63, 3.8) is 0 Å². The van der Waals surface area contributed by atoms with Crippen molar-refractivity contribution in [1.29, 1.82) is 0 Å². The summed E-state index contributed by atoms with van der Waals surface area (Å²) in [5.41, 5.74) is 5.99. The fraction of sp³-hybridized carbons (Fsp3) is 0.545. The van der Waals surface area contributed by atoms with Gasteiger partial charge in [0.2, 0.25) is 5.28 Å². The Labute approximate surface area is 161 Å². The molecule has 28 heavy (non-hydrogen) atoms. The minimum Gasteiger partial charge on any atom is -0.387 e. The average Bonchev–Trinajstić information content (AvgIpc) is 3.06. The molecule has 0 spiro atoms. The first-order valence-corrected chi connectivity index (χ1v) is 11.5. The van der Waals surface area contributed by atoms with Crippen molar-refractivity contribution in [3.8, 4) is 0 Å². The Bertz CT molecular complexity index is 983. The Morgan fingerprint density at radius 2 is 1.96 bits per heavy atom. The van der Waals surface area contributed by atoms with Crippen LogP contribution in [0.3, 0.4) is 0 Å². The molecular formula is C11H16ClN5O9P2. The van der Waals surface area contributed by atoms with Gasteiger partial charge in [0.05, 0.1) is 18.5 Å². The molecule has 2 aromatic rings. The van der Waals surface area contributed by atoms with Gasteiger partial charge in [-0.25, -0.2) is 9.50 Å². The summed E-state index contributed by atoms with van der Waals surface area (Å²) in [6, 6.07) is 0. The monoisotopic (exact) mass is 459 g/mol. The smallest absolute Gasteiger partial charge is 0.340 e. The number of fused-ring (bicyclic) bond motifs is 1. The van der Waals surface area contributed by atoms with Crippen LogP contribution in [-0.2, 0) is 18.4 Å². The Morgan fingerprint density at radius 1 is 1.29 bits per heavy atom. The van der Waals surface area contributed by atoms with Gasteiger partial charge in [-0.1, -0.05) is 0 Å². The molecule has 1 unspecified atom stereocenters. The molecule has 0 radical (unpaired) electrons. The largest absolute Gasteiger partial charge is 0.387 e. The van der Waals surface area contributed by atoms with Crippen molar-refractivity contribution in [3.05, 3.63) is 17.2 Å². The van der Waals surface area contributed by atoms with E-state index in [0.29, 0.717) is 0 Å². The summed E-state index contributed by atoms with van der Waals surface area (Å²) >= 11 is 5.76. The van der Waals surface area contributed by atoms with Crippen LogP contribution >= 0.6 is 26.8 Å². The van der Waals surface area contributed by atoms with Crippen LogP contribution in [0.1, 0.15) is 11.8 Å². The van der Waals surface area contributed by atoms with Crippen molar-refractivity contribution in [2.24, 2.45) is 0 Å². The molecule has 0 bridgehead atoms. The van der Waals surface area contributed by atoms with Crippen LogP contribution in [0.15, 0.2) is 6.20 Å². The van der Waals surface area contributed by atoms with E-state index in [2.05, 4.69) is 19.6 Å². The van der Waals surface area contributed by atoms with Crippen molar-refractivity contribution < 1.29 is 43.3 Å². The number of nitrogens with zero attached hydrogens (tertiary/aromatic N) is 4. The predicted molar refractivity (Wildman–Crippen MR) is 92.5 cm³/mol. The third kappa shape index (κ3) is 4.52. The number of imidazole rings is 1. The minimum atomic E-state index is -4.81. The summed E-state index contributed by atoms with van der Waals surface area (Å²) in [6.45, 7) is -0.711. The van der Waals surface area contributed by atoms with E-state index in [9.17, 15) is 24.2 Å². The van der Waals surface area contributed by atoms with E-state index < -0.39 is 52.1 Å². The normalized spacial score (nSPS) is 27.9. The number of aliphatic hydroxyl groups is 2. The van der Waals surface area contributed by atoms with Gasteiger partial charge < -0.3 is 39.9 Å². The number of ether oxygens (including phenoxy) is 1. The van der Waals surface area contributed by atoms with Crippen molar-refractivity contribution in [2.75, 3.05) is 18.2 Å². The quantitative estimate of drug-likeness (QED) is 0.281. The van der Waals surface area contributed by atoms with Gasteiger partial charge in [-0.2, -0.15) is 4.98 Å². The fourth-order valence-electron chi connectivity index (χ4n) is 2.68. The van der Waals surface area contributed by atoms with Gasteiger partial charge >= 0.3 is 15.2 Å². The van der Waals surface area contributed by atoms with Gasteiger partial charge in [0.25, 0.3) is 0 Å². The minimum absolute atomic E-state index is 0.0298. The molecule has 1 saturated heterocycles. The Balaban J connectivity index is 1.78. The number of aliphatic hydroxyl groups excluding tert-OH is 2. The summed E-state index contributed by atoms with van der Waals surface area (Å²) in [4.78, 5) is 34.8. The number of aromatic nitrogens is 4. The van der Waals surface area contributed by atoms with E-state index in [0.717, 1.165) is 0 Å². The zero-order valence-corrected chi connectivity index (χ0v) is 16.4. The standard InChI is InChI=1S/C11H16ClN5O9P2/c12-11-15-9(13)10-14-1-4(17(10)16-11)8-7(19)6(18)5(26-8)2-25-28(23,24)3-27(20,21)22/h1,5-8,18-19H,2-3H2,(H,23,24)(H2,13,15,16)(H2,20,21,22)/t5-,6-,7-,8+/m1/s1. The summed E-state index contributed by atoms with van der Waals surface area (Å²) in [5, 5.41) is 24.1. The van der Waals surface area contributed by atoms with Crippen LogP contribution in [0.25, 0.3) is 5.65 Å². The molecule has 2 aromatic heterocycles. The van der Waals surface area contributed by atoms with Crippen LogP contribution < -0.4 is 5.73 Å². The first-order valence-electron chi connectivity index (χ1n) is 7.57. The first kappa shape index (κ1) is 21.5. The zero-order chi connectivity index (χ0) is 20.9. The maximum absolute atomic E-state index is 11.7. The van der Waals surface area contributed by atoms with Crippen LogP contribution in [-0.4, -0.2) is 75.3 Å². The molecule has 3 rings (SSSR count). The van der Waals surface area contributed by atoms with E-state index in [1.165, 1.54) is 10.7 Å². The maximum Gasteiger partial charge on any atom is 0.340 e.